The first-order chi connectivity index (χ1) is 5.59. The van der Waals surface area contributed by atoms with Crippen LogP contribution in [0.25, 0.3) is 0 Å². The zero-order chi connectivity index (χ0) is 9.56. The Morgan fingerprint density at radius 2 is 1.75 bits per heavy atom. The minimum Gasteiger partial charge on any atom is -0.392 e. The lowest BCUT2D eigenvalue weighted by molar-refractivity contribution is -0.130. The highest BCUT2D eigenvalue weighted by atomic mass is 16.2. The van der Waals surface area contributed by atoms with E-state index < -0.39 is 5.92 Å². The van der Waals surface area contributed by atoms with Crippen LogP contribution < -0.4 is 0 Å². The summed E-state index contributed by atoms with van der Waals surface area (Å²) in [6, 6.07) is 0. The molecular formula is C9H14O3. The van der Waals surface area contributed by atoms with Crippen LogP contribution in [0.15, 0.2) is 12.2 Å². The van der Waals surface area contributed by atoms with Crippen LogP contribution in [0.2, 0.25) is 0 Å². The van der Waals surface area contributed by atoms with Crippen molar-refractivity contribution in [1.29, 1.82) is 0 Å². The van der Waals surface area contributed by atoms with Crippen molar-refractivity contribution in [1.82, 2.24) is 0 Å². The van der Waals surface area contributed by atoms with Gasteiger partial charge in [-0.25, -0.2) is 0 Å². The number of carbonyl (C=O) groups is 2. The number of rotatable bonds is 5. The second-order valence-corrected chi connectivity index (χ2v) is 2.66. The number of hydrogen-bond acceptors (Lipinski definition) is 3. The minimum atomic E-state index is -0.534. The Balaban J connectivity index is 4.06. The summed E-state index contributed by atoms with van der Waals surface area (Å²) in [6.45, 7) is 2.75. The van der Waals surface area contributed by atoms with Gasteiger partial charge < -0.3 is 5.11 Å². The maximum atomic E-state index is 10.9. The largest absolute Gasteiger partial charge is 0.392 e. The van der Waals surface area contributed by atoms with Crippen molar-refractivity contribution in [2.75, 3.05) is 6.61 Å². The van der Waals surface area contributed by atoms with Crippen LogP contribution >= 0.6 is 0 Å². The van der Waals surface area contributed by atoms with Crippen molar-refractivity contribution in [3.63, 3.8) is 0 Å². The topological polar surface area (TPSA) is 54.4 Å². The Hall–Kier alpha value is -0.960. The van der Waals surface area contributed by atoms with Gasteiger partial charge in [-0.3, -0.25) is 9.59 Å². The first kappa shape index (κ1) is 11.0. The molecule has 0 amide bonds. The third kappa shape index (κ3) is 4.03. The van der Waals surface area contributed by atoms with Gasteiger partial charge in [0, 0.05) is 0 Å². The van der Waals surface area contributed by atoms with Crippen molar-refractivity contribution in [3.05, 3.63) is 12.2 Å². The highest BCUT2D eigenvalue weighted by Gasteiger charge is 2.16. The highest BCUT2D eigenvalue weighted by molar-refractivity contribution is 6.00. The van der Waals surface area contributed by atoms with Crippen LogP contribution in [0.4, 0.5) is 0 Å². The predicted molar refractivity (Wildman–Crippen MR) is 45.7 cm³/mol. The molecule has 0 aliphatic heterocycles. The lowest BCUT2D eigenvalue weighted by Crippen LogP contribution is -2.18. The molecule has 0 heterocycles. The fourth-order valence-corrected chi connectivity index (χ4v) is 0.925. The smallest absolute Gasteiger partial charge is 0.140 e. The summed E-state index contributed by atoms with van der Waals surface area (Å²) in [7, 11) is 0. The van der Waals surface area contributed by atoms with Crippen molar-refractivity contribution in [3.8, 4) is 0 Å². The lowest BCUT2D eigenvalue weighted by atomic mass is 9.97. The quantitative estimate of drug-likeness (QED) is 0.488. The number of aliphatic hydroxyl groups is 1. The normalized spacial score (nSPS) is 11.0. The molecule has 12 heavy (non-hydrogen) atoms. The Bertz CT molecular complexity index is 180. The number of ketones is 2. The molecular weight excluding hydrogens is 156 g/mol. The Kier molecular flexibility index (Phi) is 5.21. The molecule has 0 aromatic rings. The fraction of sp³-hybridized carbons (Fsp3) is 0.556. The van der Waals surface area contributed by atoms with Crippen molar-refractivity contribution in [2.24, 2.45) is 5.92 Å². The van der Waals surface area contributed by atoms with Crippen LogP contribution in [0.5, 0.6) is 0 Å². The van der Waals surface area contributed by atoms with Gasteiger partial charge in [0.2, 0.25) is 0 Å². The molecule has 3 heteroatoms. The molecule has 0 unspecified atom stereocenters. The summed E-state index contributed by atoms with van der Waals surface area (Å²) in [4.78, 5) is 21.7. The van der Waals surface area contributed by atoms with E-state index in [4.69, 9.17) is 5.11 Å². The van der Waals surface area contributed by atoms with E-state index >= 15 is 0 Å². The number of allylic oxidation sites excluding steroid dienone is 1. The summed E-state index contributed by atoms with van der Waals surface area (Å²) in [5.41, 5.74) is 0. The molecule has 0 aromatic heterocycles. The fourth-order valence-electron chi connectivity index (χ4n) is 0.925. The monoisotopic (exact) mass is 170 g/mol. The maximum absolute atomic E-state index is 10.9. The molecule has 0 bridgehead atoms. The number of hydrogen-bond donors (Lipinski definition) is 1. The summed E-state index contributed by atoms with van der Waals surface area (Å²) in [6.07, 6.45) is 3.57. The van der Waals surface area contributed by atoms with E-state index in [2.05, 4.69) is 0 Å². The van der Waals surface area contributed by atoms with Gasteiger partial charge >= 0.3 is 0 Å². The van der Waals surface area contributed by atoms with Gasteiger partial charge in [-0.1, -0.05) is 12.2 Å². The highest BCUT2D eigenvalue weighted by Crippen LogP contribution is 2.06. The molecule has 0 rings (SSSR count). The first-order valence-electron chi connectivity index (χ1n) is 3.86. The zero-order valence-corrected chi connectivity index (χ0v) is 7.41. The van der Waals surface area contributed by atoms with Crippen LogP contribution in [-0.4, -0.2) is 23.3 Å². The van der Waals surface area contributed by atoms with Gasteiger partial charge in [-0.2, -0.15) is 0 Å². The molecule has 0 aliphatic carbocycles. The van der Waals surface area contributed by atoms with E-state index in [1.165, 1.54) is 19.9 Å². The predicted octanol–water partition coefficient (Wildman–Crippen LogP) is 0.719. The average Bonchev–Trinajstić information content (AvgIpc) is 1.96. The van der Waals surface area contributed by atoms with Crippen LogP contribution in [0.1, 0.15) is 20.3 Å². The zero-order valence-electron chi connectivity index (χ0n) is 7.41. The van der Waals surface area contributed by atoms with Crippen LogP contribution in [0.3, 0.4) is 0 Å². The Labute approximate surface area is 72.1 Å². The lowest BCUT2D eigenvalue weighted by Gasteiger charge is -2.05. The van der Waals surface area contributed by atoms with E-state index in [1.54, 1.807) is 6.08 Å². The average molecular weight is 170 g/mol. The van der Waals surface area contributed by atoms with E-state index in [9.17, 15) is 9.59 Å². The third-order valence-electron chi connectivity index (χ3n) is 1.63. The maximum Gasteiger partial charge on any atom is 0.140 e. The van der Waals surface area contributed by atoms with Gasteiger partial charge in [0.05, 0.1) is 12.5 Å². The molecule has 0 aromatic carbocycles. The molecule has 0 fully saturated rings. The van der Waals surface area contributed by atoms with Gasteiger partial charge in [0.1, 0.15) is 11.6 Å². The van der Waals surface area contributed by atoms with Crippen molar-refractivity contribution >= 4 is 11.6 Å². The number of aliphatic hydroxyl groups excluding tert-OH is 1. The molecule has 0 saturated carbocycles. The standard InChI is InChI=1S/C9H14O3/c1-7(11)9(8(2)12)5-3-4-6-10/h3-4,9-10H,5-6H2,1-2H3/b4-3-. The molecule has 3 nitrogen and oxygen atoms in total. The van der Waals surface area contributed by atoms with Gasteiger partial charge in [0.25, 0.3) is 0 Å². The molecule has 68 valence electrons. The molecule has 0 spiro atoms. The molecule has 0 saturated heterocycles. The van der Waals surface area contributed by atoms with Crippen molar-refractivity contribution in [2.45, 2.75) is 20.3 Å². The summed E-state index contributed by atoms with van der Waals surface area (Å²) >= 11 is 0. The van der Waals surface area contributed by atoms with Crippen LogP contribution in [0, 0.1) is 5.92 Å². The van der Waals surface area contributed by atoms with E-state index in [0.29, 0.717) is 6.42 Å². The second-order valence-electron chi connectivity index (χ2n) is 2.66. The molecule has 1 N–H and O–H groups in total. The van der Waals surface area contributed by atoms with Crippen LogP contribution in [-0.2, 0) is 9.59 Å². The third-order valence-corrected chi connectivity index (χ3v) is 1.63. The second kappa shape index (κ2) is 5.66. The van der Waals surface area contributed by atoms with Gasteiger partial charge in [-0.05, 0) is 20.3 Å². The Morgan fingerprint density at radius 1 is 1.25 bits per heavy atom. The van der Waals surface area contributed by atoms with E-state index in [-0.39, 0.29) is 18.2 Å². The number of Topliss-reactive ketones (excluding diaryl/α,β-unsaturated/α-hetero) is 2. The van der Waals surface area contributed by atoms with Gasteiger partial charge in [-0.15, -0.1) is 0 Å². The molecule has 0 radical (unpaired) electrons. The molecule has 0 atom stereocenters. The van der Waals surface area contributed by atoms with E-state index in [0.717, 1.165) is 0 Å². The summed E-state index contributed by atoms with van der Waals surface area (Å²) in [5, 5.41) is 8.40. The van der Waals surface area contributed by atoms with Crippen molar-refractivity contribution < 1.29 is 14.7 Å². The Morgan fingerprint density at radius 3 is 2.08 bits per heavy atom. The van der Waals surface area contributed by atoms with E-state index in [1.807, 2.05) is 0 Å². The summed E-state index contributed by atoms with van der Waals surface area (Å²) < 4.78 is 0. The van der Waals surface area contributed by atoms with Gasteiger partial charge in [0.15, 0.2) is 0 Å². The first-order valence-corrected chi connectivity index (χ1v) is 3.86. The summed E-state index contributed by atoms with van der Waals surface area (Å²) in [5.74, 6) is -0.775. The number of carbonyl (C=O) groups excluding carboxylic acids is 2. The molecule has 0 aliphatic rings. The minimum absolute atomic E-state index is 0.0530. The SMILES string of the molecule is CC(=O)C(C/C=C\CO)C(C)=O.